The van der Waals surface area contributed by atoms with Crippen molar-refractivity contribution in [3.8, 4) is 0 Å². The van der Waals surface area contributed by atoms with Crippen LogP contribution in [-0.2, 0) is 4.74 Å². The molecule has 0 aliphatic rings. The molecular weight excluding hydrogens is 254 g/mol. The number of nitrogens with zero attached hydrogens (tertiary/aromatic N) is 1. The maximum absolute atomic E-state index is 11.9. The molecule has 0 aliphatic heterocycles. The molecule has 0 saturated carbocycles. The third-order valence-electron chi connectivity index (χ3n) is 2.19. The fraction of sp³-hybridized carbons (Fsp3) is 0.500. The van der Waals surface area contributed by atoms with Crippen LogP contribution in [-0.4, -0.2) is 37.2 Å². The second kappa shape index (κ2) is 7.18. The molecule has 0 unspecified atom stereocenters. The molecule has 0 spiro atoms. The Balaban J connectivity index is 2.55. The summed E-state index contributed by atoms with van der Waals surface area (Å²) < 4.78 is 5.33. The Morgan fingerprint density at radius 3 is 2.89 bits per heavy atom. The minimum atomic E-state index is -0.230. The van der Waals surface area contributed by atoms with Gasteiger partial charge in [-0.2, -0.15) is 0 Å². The van der Waals surface area contributed by atoms with Gasteiger partial charge in [-0.25, -0.2) is 4.98 Å². The molecular formula is C12H18ClN3O2. The number of carbonyl (C=O) groups excluding carboxylic acids is 1. The van der Waals surface area contributed by atoms with Gasteiger partial charge in [0, 0.05) is 19.8 Å². The summed E-state index contributed by atoms with van der Waals surface area (Å²) in [5.41, 5.74) is 0.403. The molecule has 0 aliphatic carbocycles. The zero-order valence-electron chi connectivity index (χ0n) is 10.8. The van der Waals surface area contributed by atoms with Crippen molar-refractivity contribution < 1.29 is 9.53 Å². The van der Waals surface area contributed by atoms with E-state index in [0.717, 1.165) is 0 Å². The number of ether oxygens (including phenoxy) is 1. The largest absolute Gasteiger partial charge is 0.377 e. The van der Waals surface area contributed by atoms with Crippen molar-refractivity contribution in [3.05, 3.63) is 22.8 Å². The number of hydrogen-bond donors (Lipinski definition) is 2. The first-order valence-corrected chi connectivity index (χ1v) is 6.15. The minimum absolute atomic E-state index is 0.155. The van der Waals surface area contributed by atoms with E-state index in [1.165, 1.54) is 6.20 Å². The third kappa shape index (κ3) is 4.50. The van der Waals surface area contributed by atoms with Crippen molar-refractivity contribution in [1.82, 2.24) is 10.3 Å². The maximum atomic E-state index is 11.9. The number of nitrogens with one attached hydrogen (secondary N) is 2. The summed E-state index contributed by atoms with van der Waals surface area (Å²) >= 11 is 5.93. The molecule has 2 N–H and O–H groups in total. The van der Waals surface area contributed by atoms with Crippen LogP contribution in [0, 0.1) is 0 Å². The number of halogens is 1. The van der Waals surface area contributed by atoms with E-state index >= 15 is 0 Å². The number of anilines is 1. The zero-order chi connectivity index (χ0) is 13.5. The van der Waals surface area contributed by atoms with Gasteiger partial charge in [0.05, 0.1) is 23.3 Å². The predicted octanol–water partition coefficient (Wildman–Crippen LogP) is 1.93. The van der Waals surface area contributed by atoms with Gasteiger partial charge in [0.2, 0.25) is 0 Å². The number of carbonyl (C=O) groups is 1. The van der Waals surface area contributed by atoms with E-state index in [9.17, 15) is 4.79 Å². The molecule has 18 heavy (non-hydrogen) atoms. The van der Waals surface area contributed by atoms with Crippen molar-refractivity contribution in [3.63, 3.8) is 0 Å². The van der Waals surface area contributed by atoms with Crippen LogP contribution in [0.3, 0.4) is 0 Å². The van der Waals surface area contributed by atoms with Gasteiger partial charge in [0.1, 0.15) is 5.82 Å². The molecule has 100 valence electrons. The topological polar surface area (TPSA) is 63.2 Å². The lowest BCUT2D eigenvalue weighted by atomic mass is 10.2. The summed E-state index contributed by atoms with van der Waals surface area (Å²) in [4.78, 5) is 15.9. The molecule has 1 aromatic rings. The smallest absolute Gasteiger partial charge is 0.253 e. The third-order valence-corrected chi connectivity index (χ3v) is 2.50. The summed E-state index contributed by atoms with van der Waals surface area (Å²) in [7, 11) is 1.73. The predicted molar refractivity (Wildman–Crippen MR) is 72.2 cm³/mol. The lowest BCUT2D eigenvalue weighted by Gasteiger charge is -2.10. The number of rotatable bonds is 6. The van der Waals surface area contributed by atoms with Crippen LogP contribution < -0.4 is 10.6 Å². The quantitative estimate of drug-likeness (QED) is 0.776. The molecule has 0 saturated heterocycles. The average Bonchev–Trinajstić information content (AvgIpc) is 2.34. The lowest BCUT2D eigenvalue weighted by Crippen LogP contribution is -2.28. The van der Waals surface area contributed by atoms with Crippen LogP contribution in [0.25, 0.3) is 0 Å². The second-order valence-electron chi connectivity index (χ2n) is 3.97. The molecule has 0 radical (unpaired) electrons. The fourth-order valence-corrected chi connectivity index (χ4v) is 1.49. The summed E-state index contributed by atoms with van der Waals surface area (Å²) in [6.07, 6.45) is 1.61. The van der Waals surface area contributed by atoms with Gasteiger partial charge < -0.3 is 15.4 Å². The van der Waals surface area contributed by atoms with Crippen LogP contribution in [0.15, 0.2) is 12.3 Å². The standard InChI is InChI=1S/C12H18ClN3O2/c1-8(2)18-5-4-15-12(17)9-6-11(14-3)16-7-10(9)13/h6-8H,4-5H2,1-3H3,(H,14,16)(H,15,17). The van der Waals surface area contributed by atoms with E-state index in [-0.39, 0.29) is 12.0 Å². The SMILES string of the molecule is CNc1cc(C(=O)NCCOC(C)C)c(Cl)cn1. The van der Waals surface area contributed by atoms with E-state index in [1.54, 1.807) is 13.1 Å². The molecule has 0 bridgehead atoms. The first-order chi connectivity index (χ1) is 8.54. The highest BCUT2D eigenvalue weighted by Gasteiger charge is 2.11. The number of hydrogen-bond acceptors (Lipinski definition) is 4. The first kappa shape index (κ1) is 14.7. The highest BCUT2D eigenvalue weighted by atomic mass is 35.5. The Kier molecular flexibility index (Phi) is 5.88. The Hall–Kier alpha value is -1.33. The van der Waals surface area contributed by atoms with Gasteiger partial charge in [0.25, 0.3) is 5.91 Å². The van der Waals surface area contributed by atoms with Gasteiger partial charge in [-0.1, -0.05) is 11.6 Å². The molecule has 1 heterocycles. The van der Waals surface area contributed by atoms with Crippen molar-refractivity contribution in [2.45, 2.75) is 20.0 Å². The monoisotopic (exact) mass is 271 g/mol. The molecule has 0 aromatic carbocycles. The average molecular weight is 272 g/mol. The Bertz CT molecular complexity index is 410. The summed E-state index contributed by atoms with van der Waals surface area (Å²) in [5.74, 6) is 0.370. The summed E-state index contributed by atoms with van der Waals surface area (Å²) in [6.45, 7) is 4.82. The Labute approximate surface area is 112 Å². The molecule has 1 amide bonds. The second-order valence-corrected chi connectivity index (χ2v) is 4.38. The van der Waals surface area contributed by atoms with Crippen LogP contribution in [0.2, 0.25) is 5.02 Å². The van der Waals surface area contributed by atoms with Gasteiger partial charge in [-0.05, 0) is 19.9 Å². The van der Waals surface area contributed by atoms with Crippen LogP contribution in [0.5, 0.6) is 0 Å². The highest BCUT2D eigenvalue weighted by Crippen LogP contribution is 2.17. The van der Waals surface area contributed by atoms with E-state index in [1.807, 2.05) is 13.8 Å². The summed E-state index contributed by atoms with van der Waals surface area (Å²) in [6, 6.07) is 1.61. The van der Waals surface area contributed by atoms with Crippen molar-refractivity contribution in [2.75, 3.05) is 25.5 Å². The van der Waals surface area contributed by atoms with Crippen molar-refractivity contribution >= 4 is 23.3 Å². The maximum Gasteiger partial charge on any atom is 0.253 e. The molecule has 6 heteroatoms. The number of pyridine rings is 1. The Morgan fingerprint density at radius 1 is 1.56 bits per heavy atom. The molecule has 0 fully saturated rings. The van der Waals surface area contributed by atoms with Gasteiger partial charge in [-0.15, -0.1) is 0 Å². The summed E-state index contributed by atoms with van der Waals surface area (Å²) in [5, 5.41) is 5.93. The van der Waals surface area contributed by atoms with Crippen LogP contribution >= 0.6 is 11.6 Å². The molecule has 0 atom stereocenters. The molecule has 1 aromatic heterocycles. The van der Waals surface area contributed by atoms with Crippen molar-refractivity contribution in [2.24, 2.45) is 0 Å². The van der Waals surface area contributed by atoms with E-state index in [4.69, 9.17) is 16.3 Å². The van der Waals surface area contributed by atoms with Gasteiger partial charge in [-0.3, -0.25) is 4.79 Å². The van der Waals surface area contributed by atoms with E-state index in [0.29, 0.717) is 29.6 Å². The first-order valence-electron chi connectivity index (χ1n) is 5.77. The Morgan fingerprint density at radius 2 is 2.28 bits per heavy atom. The van der Waals surface area contributed by atoms with E-state index in [2.05, 4.69) is 15.6 Å². The normalized spacial score (nSPS) is 10.5. The highest BCUT2D eigenvalue weighted by molar-refractivity contribution is 6.33. The van der Waals surface area contributed by atoms with Gasteiger partial charge >= 0.3 is 0 Å². The number of aromatic nitrogens is 1. The minimum Gasteiger partial charge on any atom is -0.377 e. The van der Waals surface area contributed by atoms with Crippen molar-refractivity contribution in [1.29, 1.82) is 0 Å². The van der Waals surface area contributed by atoms with Gasteiger partial charge in [0.15, 0.2) is 0 Å². The molecule has 1 rings (SSSR count). The van der Waals surface area contributed by atoms with Crippen LogP contribution in [0.4, 0.5) is 5.82 Å². The molecule has 5 nitrogen and oxygen atoms in total. The lowest BCUT2D eigenvalue weighted by molar-refractivity contribution is 0.0746. The fourth-order valence-electron chi connectivity index (χ4n) is 1.30. The number of amides is 1. The van der Waals surface area contributed by atoms with E-state index < -0.39 is 0 Å². The zero-order valence-corrected chi connectivity index (χ0v) is 11.5. The van der Waals surface area contributed by atoms with Crippen LogP contribution in [0.1, 0.15) is 24.2 Å².